The van der Waals surface area contributed by atoms with E-state index in [0.717, 1.165) is 42.4 Å². The third kappa shape index (κ3) is 3.43. The summed E-state index contributed by atoms with van der Waals surface area (Å²) in [6, 6.07) is 15.3. The second kappa shape index (κ2) is 7.23. The van der Waals surface area contributed by atoms with Gasteiger partial charge in [0.25, 0.3) is 0 Å². The Morgan fingerprint density at radius 1 is 1.04 bits per heavy atom. The van der Waals surface area contributed by atoms with Gasteiger partial charge in [0.2, 0.25) is 5.96 Å². The van der Waals surface area contributed by atoms with Crippen molar-refractivity contribution in [1.29, 1.82) is 0 Å². The summed E-state index contributed by atoms with van der Waals surface area (Å²) >= 11 is 0. The molecule has 0 aliphatic carbocycles. The highest BCUT2D eigenvalue weighted by molar-refractivity contribution is 6.19. The first-order valence-electron chi connectivity index (χ1n) is 9.16. The second-order valence-electron chi connectivity index (χ2n) is 6.78. The Morgan fingerprint density at radius 2 is 1.78 bits per heavy atom. The van der Waals surface area contributed by atoms with Gasteiger partial charge in [-0.05, 0) is 30.5 Å². The highest BCUT2D eigenvalue weighted by Crippen LogP contribution is 2.38. The number of rotatable bonds is 6. The summed E-state index contributed by atoms with van der Waals surface area (Å²) in [6.45, 7) is 1.93. The van der Waals surface area contributed by atoms with Crippen molar-refractivity contribution in [2.45, 2.75) is 19.3 Å². The van der Waals surface area contributed by atoms with Gasteiger partial charge in [-0.3, -0.25) is 14.6 Å². The van der Waals surface area contributed by atoms with Crippen LogP contribution in [0.25, 0.3) is 0 Å². The Hall–Kier alpha value is -3.15. The predicted octanol–water partition coefficient (Wildman–Crippen LogP) is 2.97. The number of hydrogen-bond donors (Lipinski definition) is 1. The maximum Gasteiger partial charge on any atom is 0.303 e. The molecule has 6 nitrogen and oxygen atoms in total. The maximum atomic E-state index is 12.9. The maximum absolute atomic E-state index is 12.9. The van der Waals surface area contributed by atoms with Crippen molar-refractivity contribution in [3.8, 4) is 0 Å². The Bertz CT molecular complexity index is 905. The molecule has 0 atom stereocenters. The summed E-state index contributed by atoms with van der Waals surface area (Å²) in [5.74, 6) is 0.0549. The minimum atomic E-state index is -0.819. The zero-order valence-corrected chi connectivity index (χ0v) is 15.0. The standard InChI is InChI=1S/C21H21N3O3/c25-19(16-9-6-15(7-10-16)8-11-20(26)27)14-24-18-5-2-1-4-17(18)23-13-3-12-22-21(23)24/h1-2,4-7,9-10H,3,8,11-14H2,(H,26,27). The molecule has 27 heavy (non-hydrogen) atoms. The molecule has 0 bridgehead atoms. The van der Waals surface area contributed by atoms with E-state index in [9.17, 15) is 9.59 Å². The van der Waals surface area contributed by atoms with Gasteiger partial charge in [-0.1, -0.05) is 36.4 Å². The fraction of sp³-hybridized carbons (Fsp3) is 0.286. The molecule has 6 heteroatoms. The molecule has 0 unspecified atom stereocenters. The molecule has 0 saturated heterocycles. The van der Waals surface area contributed by atoms with Crippen molar-refractivity contribution in [2.24, 2.45) is 4.99 Å². The van der Waals surface area contributed by atoms with Crippen LogP contribution in [0.5, 0.6) is 0 Å². The van der Waals surface area contributed by atoms with Crippen LogP contribution in [-0.4, -0.2) is 42.5 Å². The summed E-state index contributed by atoms with van der Waals surface area (Å²) in [4.78, 5) is 32.4. The fourth-order valence-corrected chi connectivity index (χ4v) is 3.58. The number of ketones is 1. The van der Waals surface area contributed by atoms with Crippen molar-refractivity contribution < 1.29 is 14.7 Å². The van der Waals surface area contributed by atoms with E-state index < -0.39 is 5.97 Å². The van der Waals surface area contributed by atoms with Crippen LogP contribution in [0.15, 0.2) is 53.5 Å². The van der Waals surface area contributed by atoms with Crippen LogP contribution in [0.4, 0.5) is 11.4 Å². The highest BCUT2D eigenvalue weighted by atomic mass is 16.4. The lowest BCUT2D eigenvalue weighted by Crippen LogP contribution is -2.43. The number of Topliss-reactive ketones (excluding diaryl/α,β-unsaturated/α-hetero) is 1. The molecule has 2 heterocycles. The third-order valence-electron chi connectivity index (χ3n) is 4.94. The number of para-hydroxylation sites is 2. The van der Waals surface area contributed by atoms with Crippen molar-refractivity contribution in [2.75, 3.05) is 29.4 Å². The van der Waals surface area contributed by atoms with Gasteiger partial charge in [0.1, 0.15) is 0 Å². The molecule has 4 rings (SSSR count). The van der Waals surface area contributed by atoms with Gasteiger partial charge >= 0.3 is 5.97 Å². The summed E-state index contributed by atoms with van der Waals surface area (Å²) < 4.78 is 0. The molecule has 2 aliphatic heterocycles. The molecular formula is C21H21N3O3. The number of carboxylic acid groups (broad SMARTS) is 1. The first kappa shape index (κ1) is 17.3. The molecular weight excluding hydrogens is 342 g/mol. The molecule has 0 aromatic heterocycles. The number of anilines is 2. The van der Waals surface area contributed by atoms with E-state index in [1.54, 1.807) is 12.1 Å². The molecule has 2 aromatic rings. The van der Waals surface area contributed by atoms with Crippen molar-refractivity contribution in [3.63, 3.8) is 0 Å². The Morgan fingerprint density at radius 3 is 2.52 bits per heavy atom. The van der Waals surface area contributed by atoms with Gasteiger partial charge in [-0.25, -0.2) is 0 Å². The van der Waals surface area contributed by atoms with Gasteiger partial charge in [-0.2, -0.15) is 0 Å². The molecule has 1 N–H and O–H groups in total. The van der Waals surface area contributed by atoms with E-state index in [0.29, 0.717) is 12.0 Å². The summed E-state index contributed by atoms with van der Waals surface area (Å²) in [6.07, 6.45) is 1.57. The average Bonchev–Trinajstić information content (AvgIpc) is 3.01. The van der Waals surface area contributed by atoms with Crippen LogP contribution < -0.4 is 9.80 Å². The van der Waals surface area contributed by atoms with Crippen LogP contribution in [-0.2, 0) is 11.2 Å². The van der Waals surface area contributed by atoms with Crippen molar-refractivity contribution >= 4 is 29.1 Å². The summed E-state index contributed by atoms with van der Waals surface area (Å²) in [7, 11) is 0. The number of carbonyl (C=O) groups is 2. The number of aliphatic carboxylic acids is 1. The Labute approximate surface area is 157 Å². The third-order valence-corrected chi connectivity index (χ3v) is 4.94. The molecule has 0 fully saturated rings. The molecule has 0 radical (unpaired) electrons. The van der Waals surface area contributed by atoms with E-state index in [1.807, 2.05) is 35.2 Å². The zero-order valence-electron chi connectivity index (χ0n) is 15.0. The fourth-order valence-electron chi connectivity index (χ4n) is 3.58. The smallest absolute Gasteiger partial charge is 0.303 e. The number of nitrogens with zero attached hydrogens (tertiary/aromatic N) is 3. The van der Waals surface area contributed by atoms with Crippen LogP contribution in [0, 0.1) is 0 Å². The Balaban J connectivity index is 1.52. The largest absolute Gasteiger partial charge is 0.481 e. The SMILES string of the molecule is O=C(O)CCc1ccc(C(=O)CN2C3=NCCCN3c3ccccc32)cc1. The van der Waals surface area contributed by atoms with Gasteiger partial charge < -0.3 is 14.9 Å². The van der Waals surface area contributed by atoms with Gasteiger partial charge in [0.05, 0.1) is 17.9 Å². The van der Waals surface area contributed by atoms with Crippen LogP contribution in [0.3, 0.4) is 0 Å². The number of carboxylic acids is 1. The normalized spacial score (nSPS) is 15.2. The number of benzene rings is 2. The quantitative estimate of drug-likeness (QED) is 0.799. The van der Waals surface area contributed by atoms with Crippen molar-refractivity contribution in [3.05, 3.63) is 59.7 Å². The lowest BCUT2D eigenvalue weighted by atomic mass is 10.0. The van der Waals surface area contributed by atoms with E-state index in [1.165, 1.54) is 0 Å². The van der Waals surface area contributed by atoms with E-state index in [4.69, 9.17) is 5.11 Å². The predicted molar refractivity (Wildman–Crippen MR) is 105 cm³/mol. The number of carbonyl (C=O) groups excluding carboxylic acids is 1. The van der Waals surface area contributed by atoms with Gasteiger partial charge in [-0.15, -0.1) is 0 Å². The molecule has 0 amide bonds. The van der Waals surface area contributed by atoms with E-state index in [-0.39, 0.29) is 18.7 Å². The molecule has 2 aromatic carbocycles. The first-order valence-corrected chi connectivity index (χ1v) is 9.16. The van der Waals surface area contributed by atoms with Crippen LogP contribution in [0.1, 0.15) is 28.8 Å². The van der Waals surface area contributed by atoms with E-state index in [2.05, 4.69) is 16.0 Å². The minimum absolute atomic E-state index is 0.0183. The number of aryl methyl sites for hydroxylation is 1. The van der Waals surface area contributed by atoms with Crippen molar-refractivity contribution in [1.82, 2.24) is 0 Å². The zero-order chi connectivity index (χ0) is 18.8. The number of aliphatic imine (C=N–C) groups is 1. The van der Waals surface area contributed by atoms with Gasteiger partial charge in [0, 0.05) is 25.1 Å². The Kier molecular flexibility index (Phi) is 4.62. The minimum Gasteiger partial charge on any atom is -0.481 e. The monoisotopic (exact) mass is 363 g/mol. The molecule has 0 saturated carbocycles. The number of fused-ring (bicyclic) bond motifs is 3. The van der Waals surface area contributed by atoms with Crippen LogP contribution >= 0.6 is 0 Å². The van der Waals surface area contributed by atoms with E-state index >= 15 is 0 Å². The lowest BCUT2D eigenvalue weighted by Gasteiger charge is -2.26. The molecule has 0 spiro atoms. The summed E-state index contributed by atoms with van der Waals surface area (Å²) in [5, 5.41) is 8.78. The average molecular weight is 363 g/mol. The number of hydrogen-bond acceptors (Lipinski definition) is 5. The topological polar surface area (TPSA) is 73.2 Å². The first-order chi connectivity index (χ1) is 13.1. The molecule has 2 aliphatic rings. The van der Waals surface area contributed by atoms with Crippen LogP contribution in [0.2, 0.25) is 0 Å². The molecule has 138 valence electrons. The lowest BCUT2D eigenvalue weighted by molar-refractivity contribution is -0.136. The summed E-state index contributed by atoms with van der Waals surface area (Å²) in [5.41, 5.74) is 3.67. The highest BCUT2D eigenvalue weighted by Gasteiger charge is 2.34. The number of guanidine groups is 1. The van der Waals surface area contributed by atoms with Gasteiger partial charge in [0.15, 0.2) is 5.78 Å². The second-order valence-corrected chi connectivity index (χ2v) is 6.78.